The van der Waals surface area contributed by atoms with Crippen molar-refractivity contribution in [3.8, 4) is 101 Å². The number of phenols is 2. The van der Waals surface area contributed by atoms with Gasteiger partial charge in [-0.05, 0) is 297 Å². The summed E-state index contributed by atoms with van der Waals surface area (Å²) >= 11 is 6.97. The molecule has 0 spiro atoms. The average Bonchev–Trinajstić information content (AvgIpc) is 1.60. The van der Waals surface area contributed by atoms with E-state index in [1.165, 1.54) is 65.4 Å². The highest BCUT2D eigenvalue weighted by molar-refractivity contribution is 7.11. The Morgan fingerprint density at radius 3 is 0.680 bits per heavy atom. The van der Waals surface area contributed by atoms with E-state index in [-0.39, 0.29) is 11.5 Å². The van der Waals surface area contributed by atoms with Gasteiger partial charge >= 0.3 is 0 Å². The van der Waals surface area contributed by atoms with Gasteiger partial charge in [0.05, 0.1) is 5.41 Å². The molecule has 0 amide bonds. The molecule has 12 aromatic carbocycles. The molecular weight excluding hydrogens is 1330 g/mol. The number of hydrogen-bond donors (Lipinski definition) is 2. The van der Waals surface area contributed by atoms with E-state index in [0.717, 1.165) is 132 Å². The number of hydrogen-bond acceptors (Lipinski definition) is 6. The number of phenolic OH excluding ortho intramolecular Hbond substituents is 2. The van der Waals surface area contributed by atoms with E-state index >= 15 is 0 Å². The van der Waals surface area contributed by atoms with Gasteiger partial charge in [-0.2, -0.15) is 0 Å². The quantitative estimate of drug-likeness (QED) is 0.120. The maximum Gasteiger partial charge on any atom is 0.116 e. The van der Waals surface area contributed by atoms with Crippen molar-refractivity contribution < 1.29 is 10.2 Å². The lowest BCUT2D eigenvalue weighted by molar-refractivity contribution is 0.474. The van der Waals surface area contributed by atoms with Crippen molar-refractivity contribution in [2.75, 3.05) is 0 Å². The highest BCUT2D eigenvalue weighted by atomic mass is 32.1. The van der Waals surface area contributed by atoms with E-state index in [2.05, 4.69) is 313 Å². The number of fused-ring (bicyclic) bond motifs is 12. The van der Waals surface area contributed by atoms with E-state index in [9.17, 15) is 10.2 Å². The van der Waals surface area contributed by atoms with Crippen LogP contribution in [-0.4, -0.2) is 10.2 Å². The first-order chi connectivity index (χ1) is 50.8. The molecule has 0 aliphatic heterocycles. The molecule has 6 heteroatoms. The lowest BCUT2D eigenvalue weighted by Gasteiger charge is -2.37. The fraction of sp³-hybridized carbons (Fsp3) is 0.0103. The summed E-state index contributed by atoms with van der Waals surface area (Å²) < 4.78 is 0. The summed E-state index contributed by atoms with van der Waals surface area (Å²) in [5, 5.41) is 30.3. The summed E-state index contributed by atoms with van der Waals surface area (Å²) in [6.45, 7) is 0. The standard InChI is InChI=1S/C97H60O2S4/c98-71-37-43-85-83-41-27-65(51-89(83)95(91(85)53-71)57-75-11-7-47-102-75)61-21-33-69(34-22-61)97(67-29-17-59(18-30-67)63-25-39-81-77-13-1-3-15-79(77)93(87(81)49-63)55-73-9-5-45-100-73,68-31-19-60(20-32-68)64-26-40-82-78-14-2-4-16-80(78)94(88(82)50-64)56-74-10-6-46-101-74)70-35-23-62(24-36-70)66-28-42-84-86-44-38-72(99)54-92(86)96(90(84)52-66)58-76-12-8-48-103-76/h1-58,98-99H/b93-55+,94-56+,95-57-,96-58-. The van der Waals surface area contributed by atoms with Crippen molar-refractivity contribution in [2.45, 2.75) is 5.41 Å². The summed E-state index contributed by atoms with van der Waals surface area (Å²) in [4.78, 5) is 4.80. The molecule has 4 aliphatic rings. The molecule has 0 fully saturated rings. The van der Waals surface area contributed by atoms with Gasteiger partial charge in [-0.3, -0.25) is 0 Å². The largest absolute Gasteiger partial charge is 0.508 e. The molecule has 16 aromatic rings. The summed E-state index contributed by atoms with van der Waals surface area (Å²) in [5.41, 5.74) is 36.5. The number of rotatable bonds is 12. The van der Waals surface area contributed by atoms with Crippen molar-refractivity contribution in [2.24, 2.45) is 0 Å². The van der Waals surface area contributed by atoms with Gasteiger partial charge in [0.25, 0.3) is 0 Å². The third-order valence-electron chi connectivity index (χ3n) is 21.3. The van der Waals surface area contributed by atoms with Crippen molar-refractivity contribution in [1.82, 2.24) is 0 Å². The normalized spacial score (nSPS) is 14.4. The predicted molar refractivity (Wildman–Crippen MR) is 437 cm³/mol. The Hall–Kier alpha value is -12.0. The van der Waals surface area contributed by atoms with Crippen molar-refractivity contribution in [3.05, 3.63) is 411 Å². The maximum atomic E-state index is 10.9. The highest BCUT2D eigenvalue weighted by Crippen LogP contribution is 2.54. The molecule has 0 radical (unpaired) electrons. The van der Waals surface area contributed by atoms with Gasteiger partial charge in [-0.1, -0.05) is 231 Å². The third kappa shape index (κ3) is 10.3. The van der Waals surface area contributed by atoms with Gasteiger partial charge in [0.2, 0.25) is 0 Å². The summed E-state index contributed by atoms with van der Waals surface area (Å²) in [6.07, 6.45) is 9.25. The second kappa shape index (κ2) is 24.7. The van der Waals surface area contributed by atoms with E-state index in [1.54, 1.807) is 57.5 Å². The highest BCUT2D eigenvalue weighted by Gasteiger charge is 2.40. The zero-order valence-corrected chi connectivity index (χ0v) is 58.8. The number of aromatic hydroxyl groups is 2. The third-order valence-corrected chi connectivity index (χ3v) is 24.6. The average molecular weight is 1390 g/mol. The van der Waals surface area contributed by atoms with Crippen LogP contribution in [0.2, 0.25) is 0 Å². The molecule has 0 atom stereocenters. The molecule has 484 valence electrons. The van der Waals surface area contributed by atoms with E-state index in [1.807, 2.05) is 24.3 Å². The van der Waals surface area contributed by atoms with Gasteiger partial charge in [-0.15, -0.1) is 45.3 Å². The Balaban J connectivity index is 0.756. The number of thiophene rings is 4. The molecule has 4 aliphatic carbocycles. The zero-order valence-electron chi connectivity index (χ0n) is 55.5. The number of benzene rings is 12. The van der Waals surface area contributed by atoms with Crippen LogP contribution in [0.15, 0.2) is 325 Å². The minimum atomic E-state index is -0.850. The van der Waals surface area contributed by atoms with Gasteiger partial charge in [0.15, 0.2) is 0 Å². The second-order valence-electron chi connectivity index (χ2n) is 26.9. The van der Waals surface area contributed by atoms with E-state index < -0.39 is 5.41 Å². The molecule has 4 heterocycles. The monoisotopic (exact) mass is 1380 g/mol. The van der Waals surface area contributed by atoms with E-state index in [4.69, 9.17) is 0 Å². The van der Waals surface area contributed by atoms with Crippen LogP contribution < -0.4 is 0 Å². The van der Waals surface area contributed by atoms with Gasteiger partial charge in [0.1, 0.15) is 11.5 Å². The van der Waals surface area contributed by atoms with Crippen LogP contribution >= 0.6 is 45.3 Å². The Bertz CT molecular complexity index is 5800. The van der Waals surface area contributed by atoms with Crippen LogP contribution in [0.3, 0.4) is 0 Å². The molecule has 0 bridgehead atoms. The Kier molecular flexibility index (Phi) is 14.6. The summed E-state index contributed by atoms with van der Waals surface area (Å²) in [6, 6.07) is 112. The van der Waals surface area contributed by atoms with Crippen molar-refractivity contribution in [1.29, 1.82) is 0 Å². The van der Waals surface area contributed by atoms with Crippen molar-refractivity contribution in [3.63, 3.8) is 0 Å². The second-order valence-corrected chi connectivity index (χ2v) is 30.9. The molecule has 0 saturated carbocycles. The lowest BCUT2D eigenvalue weighted by Crippen LogP contribution is -2.31. The van der Waals surface area contributed by atoms with Crippen LogP contribution in [0, 0.1) is 0 Å². The fourth-order valence-corrected chi connectivity index (χ4v) is 19.2. The van der Waals surface area contributed by atoms with Crippen LogP contribution in [0.25, 0.3) is 136 Å². The molecule has 20 rings (SSSR count). The van der Waals surface area contributed by atoms with Crippen LogP contribution in [0.5, 0.6) is 11.5 Å². The van der Waals surface area contributed by atoms with Gasteiger partial charge in [0, 0.05) is 19.5 Å². The first kappa shape index (κ1) is 60.9. The molecule has 2 nitrogen and oxygen atoms in total. The topological polar surface area (TPSA) is 40.5 Å². The molecule has 0 saturated heterocycles. The van der Waals surface area contributed by atoms with Gasteiger partial charge < -0.3 is 10.2 Å². The minimum Gasteiger partial charge on any atom is -0.508 e. The Labute approximate surface area is 614 Å². The van der Waals surface area contributed by atoms with Gasteiger partial charge in [-0.25, -0.2) is 0 Å². The molecule has 103 heavy (non-hydrogen) atoms. The van der Waals surface area contributed by atoms with Crippen LogP contribution in [0.1, 0.15) is 86.3 Å². The fourth-order valence-electron chi connectivity index (χ4n) is 16.5. The molecule has 0 unspecified atom stereocenters. The van der Waals surface area contributed by atoms with E-state index in [0.29, 0.717) is 0 Å². The SMILES string of the molecule is Oc1ccc2c(c1)/C(=C\c1cccs1)c1cc(-c3ccc(C(c4ccc(-c5ccc6c(c5)/C(=C/c5cccs5)c5cc(O)ccc5-6)cc4)(c4ccc(-c5ccc6c(c5)/C(=C/c5cccs5)c5ccccc5-6)cc4)c4ccc(-c5ccc6c(c5)/C(=C/c5cccs5)c5ccccc5-6)cc4)cc3)ccc1-2. The molecular formula is C97H60O2S4. The van der Waals surface area contributed by atoms with Crippen LogP contribution in [-0.2, 0) is 5.41 Å². The van der Waals surface area contributed by atoms with Crippen molar-refractivity contribution >= 4 is 91.9 Å². The van der Waals surface area contributed by atoms with Crippen LogP contribution in [0.4, 0.5) is 0 Å². The smallest absolute Gasteiger partial charge is 0.116 e. The molecule has 2 N–H and O–H groups in total. The lowest BCUT2D eigenvalue weighted by atomic mass is 9.64. The first-order valence-electron chi connectivity index (χ1n) is 34.7. The predicted octanol–water partition coefficient (Wildman–Crippen LogP) is 26.7. The maximum absolute atomic E-state index is 10.9. The molecule has 4 aromatic heterocycles. The summed E-state index contributed by atoms with van der Waals surface area (Å²) in [5.74, 6) is 0.514. The summed E-state index contributed by atoms with van der Waals surface area (Å²) in [7, 11) is 0. The zero-order chi connectivity index (χ0) is 68.3. The first-order valence-corrected chi connectivity index (χ1v) is 38.2. The minimum absolute atomic E-state index is 0.257. The Morgan fingerprint density at radius 1 is 0.194 bits per heavy atom. The Morgan fingerprint density at radius 2 is 0.417 bits per heavy atom.